The monoisotopic (exact) mass is 313 g/mol. The molecule has 0 saturated heterocycles. The van der Waals surface area contributed by atoms with Crippen LogP contribution in [0.5, 0.6) is 11.6 Å². The highest BCUT2D eigenvalue weighted by Gasteiger charge is 2.15. The van der Waals surface area contributed by atoms with Crippen molar-refractivity contribution in [3.63, 3.8) is 0 Å². The zero-order valence-corrected chi connectivity index (χ0v) is 11.7. The molecule has 1 aromatic heterocycles. The van der Waals surface area contributed by atoms with Crippen LogP contribution < -0.4 is 10.5 Å². The number of hydrogen-bond donors (Lipinski definition) is 1. The molecule has 0 aliphatic heterocycles. The second-order valence-electron chi connectivity index (χ2n) is 3.80. The van der Waals surface area contributed by atoms with Crippen LogP contribution in [0, 0.1) is 12.7 Å². The third-order valence-corrected chi connectivity index (χ3v) is 3.02. The average Bonchev–Trinajstić information content (AvgIpc) is 2.61. The molecule has 2 N–H and O–H groups in total. The maximum atomic E-state index is 13.6. The lowest BCUT2D eigenvalue weighted by atomic mass is 10.3. The van der Waals surface area contributed by atoms with E-state index in [-0.39, 0.29) is 5.75 Å². The zero-order valence-electron chi connectivity index (χ0n) is 10.1. The van der Waals surface area contributed by atoms with E-state index in [1.165, 1.54) is 6.07 Å². The van der Waals surface area contributed by atoms with Crippen LogP contribution in [0.1, 0.15) is 12.6 Å². The van der Waals surface area contributed by atoms with Gasteiger partial charge in [-0.15, -0.1) is 0 Å². The first-order chi connectivity index (χ1) is 8.52. The Hall–Kier alpha value is -1.56. The zero-order chi connectivity index (χ0) is 13.3. The molecule has 4 nitrogen and oxygen atoms in total. The molecule has 0 fully saturated rings. The van der Waals surface area contributed by atoms with E-state index in [1.807, 2.05) is 6.92 Å². The fourth-order valence-corrected chi connectivity index (χ4v) is 1.90. The van der Waals surface area contributed by atoms with E-state index in [0.717, 1.165) is 4.47 Å². The van der Waals surface area contributed by atoms with Gasteiger partial charge in [0.2, 0.25) is 5.88 Å². The van der Waals surface area contributed by atoms with Crippen molar-refractivity contribution in [2.45, 2.75) is 20.4 Å². The topological polar surface area (TPSA) is 53.1 Å². The van der Waals surface area contributed by atoms with Crippen molar-refractivity contribution < 1.29 is 9.13 Å². The van der Waals surface area contributed by atoms with Crippen LogP contribution in [0.25, 0.3) is 0 Å². The summed E-state index contributed by atoms with van der Waals surface area (Å²) in [6.45, 7) is 4.30. The number of anilines is 1. The third kappa shape index (κ3) is 2.33. The molecule has 2 aromatic rings. The lowest BCUT2D eigenvalue weighted by Gasteiger charge is -2.09. The molecule has 0 amide bonds. The molecule has 0 saturated carbocycles. The van der Waals surface area contributed by atoms with E-state index >= 15 is 0 Å². The molecule has 0 spiro atoms. The van der Waals surface area contributed by atoms with Gasteiger partial charge in [0.1, 0.15) is 5.69 Å². The van der Waals surface area contributed by atoms with Gasteiger partial charge in [0, 0.05) is 11.0 Å². The first-order valence-electron chi connectivity index (χ1n) is 5.48. The summed E-state index contributed by atoms with van der Waals surface area (Å²) < 4.78 is 21.5. The van der Waals surface area contributed by atoms with E-state index in [9.17, 15) is 4.39 Å². The van der Waals surface area contributed by atoms with Crippen LogP contribution >= 0.6 is 15.9 Å². The minimum absolute atomic E-state index is 0.116. The van der Waals surface area contributed by atoms with E-state index in [0.29, 0.717) is 23.8 Å². The number of hydrogen-bond acceptors (Lipinski definition) is 3. The number of nitrogens with two attached hydrogens (primary N) is 1. The van der Waals surface area contributed by atoms with E-state index in [2.05, 4.69) is 21.0 Å². The first-order valence-corrected chi connectivity index (χ1v) is 6.28. The molecule has 1 aromatic carbocycles. The van der Waals surface area contributed by atoms with Crippen molar-refractivity contribution in [1.29, 1.82) is 0 Å². The van der Waals surface area contributed by atoms with E-state index < -0.39 is 5.82 Å². The SMILES string of the molecule is CCn1nc(C)c(N)c1Oc1cc(Br)ccc1F. The third-order valence-electron chi connectivity index (χ3n) is 2.52. The molecule has 0 bridgehead atoms. The molecular formula is C12H13BrFN3O. The van der Waals surface area contributed by atoms with Crippen molar-refractivity contribution in [1.82, 2.24) is 9.78 Å². The predicted molar refractivity (Wildman–Crippen MR) is 71.2 cm³/mol. The van der Waals surface area contributed by atoms with Gasteiger partial charge in [-0.1, -0.05) is 15.9 Å². The molecular weight excluding hydrogens is 301 g/mol. The Bertz CT molecular complexity index is 583. The number of ether oxygens (including phenoxy) is 1. The highest BCUT2D eigenvalue weighted by Crippen LogP contribution is 2.32. The molecule has 96 valence electrons. The summed E-state index contributed by atoms with van der Waals surface area (Å²) in [5, 5.41) is 4.21. The number of halogens is 2. The summed E-state index contributed by atoms with van der Waals surface area (Å²) >= 11 is 3.27. The quantitative estimate of drug-likeness (QED) is 0.943. The summed E-state index contributed by atoms with van der Waals surface area (Å²) in [5.41, 5.74) is 6.97. The van der Waals surface area contributed by atoms with Crippen molar-refractivity contribution >= 4 is 21.6 Å². The Morgan fingerprint density at radius 1 is 1.50 bits per heavy atom. The van der Waals surface area contributed by atoms with Gasteiger partial charge >= 0.3 is 0 Å². The molecule has 6 heteroatoms. The predicted octanol–water partition coefficient (Wildman–Crippen LogP) is 3.49. The van der Waals surface area contributed by atoms with Gasteiger partial charge in [-0.05, 0) is 32.0 Å². The van der Waals surface area contributed by atoms with Gasteiger partial charge in [0.05, 0.1) is 5.69 Å². The van der Waals surface area contributed by atoms with E-state index in [1.54, 1.807) is 23.7 Å². The molecule has 0 radical (unpaired) electrons. The van der Waals surface area contributed by atoms with E-state index in [4.69, 9.17) is 10.5 Å². The lowest BCUT2D eigenvalue weighted by molar-refractivity contribution is 0.394. The largest absolute Gasteiger partial charge is 0.434 e. The number of benzene rings is 1. The number of nitrogens with zero attached hydrogens (tertiary/aromatic N) is 2. The summed E-state index contributed by atoms with van der Waals surface area (Å²) in [4.78, 5) is 0. The number of aryl methyl sites for hydroxylation is 2. The molecule has 0 aliphatic rings. The second kappa shape index (κ2) is 4.97. The maximum absolute atomic E-state index is 13.6. The number of nitrogen functional groups attached to an aromatic ring is 1. The van der Waals surface area contributed by atoms with Gasteiger partial charge < -0.3 is 10.5 Å². The molecule has 1 heterocycles. The molecule has 0 unspecified atom stereocenters. The first kappa shape index (κ1) is 12.9. The summed E-state index contributed by atoms with van der Waals surface area (Å²) in [5.74, 6) is 0.0387. The summed E-state index contributed by atoms with van der Waals surface area (Å²) in [7, 11) is 0. The Labute approximate surface area is 113 Å². The molecule has 0 aliphatic carbocycles. The molecule has 0 atom stereocenters. The van der Waals surface area contributed by atoms with Gasteiger partial charge in [-0.2, -0.15) is 5.10 Å². The minimum atomic E-state index is -0.445. The van der Waals surface area contributed by atoms with Crippen molar-refractivity contribution in [2.24, 2.45) is 0 Å². The lowest BCUT2D eigenvalue weighted by Crippen LogP contribution is -2.01. The van der Waals surface area contributed by atoms with Crippen molar-refractivity contribution in [3.8, 4) is 11.6 Å². The Morgan fingerprint density at radius 2 is 2.22 bits per heavy atom. The summed E-state index contributed by atoms with van der Waals surface area (Å²) in [6.07, 6.45) is 0. The number of aromatic nitrogens is 2. The van der Waals surface area contributed by atoms with Gasteiger partial charge in [-0.25, -0.2) is 9.07 Å². The Balaban J connectivity index is 2.42. The Morgan fingerprint density at radius 3 is 2.89 bits per heavy atom. The van der Waals surface area contributed by atoms with Crippen LogP contribution in [0.2, 0.25) is 0 Å². The van der Waals surface area contributed by atoms with Crippen LogP contribution in [0.4, 0.5) is 10.1 Å². The highest BCUT2D eigenvalue weighted by atomic mass is 79.9. The number of rotatable bonds is 3. The second-order valence-corrected chi connectivity index (χ2v) is 4.71. The highest BCUT2D eigenvalue weighted by molar-refractivity contribution is 9.10. The van der Waals surface area contributed by atoms with Gasteiger partial charge in [-0.3, -0.25) is 0 Å². The van der Waals surface area contributed by atoms with Crippen LogP contribution in [0.3, 0.4) is 0 Å². The fraction of sp³-hybridized carbons (Fsp3) is 0.250. The fourth-order valence-electron chi connectivity index (χ4n) is 1.56. The van der Waals surface area contributed by atoms with Gasteiger partial charge in [0.15, 0.2) is 11.6 Å². The molecule has 18 heavy (non-hydrogen) atoms. The van der Waals surface area contributed by atoms with Gasteiger partial charge in [0.25, 0.3) is 0 Å². The van der Waals surface area contributed by atoms with Crippen LogP contribution in [-0.4, -0.2) is 9.78 Å². The van der Waals surface area contributed by atoms with Crippen molar-refractivity contribution in [2.75, 3.05) is 5.73 Å². The smallest absolute Gasteiger partial charge is 0.241 e. The minimum Gasteiger partial charge on any atom is -0.434 e. The molecule has 2 rings (SSSR count). The van der Waals surface area contributed by atoms with Crippen LogP contribution in [0.15, 0.2) is 22.7 Å². The Kier molecular flexibility index (Phi) is 3.56. The summed E-state index contributed by atoms with van der Waals surface area (Å²) in [6, 6.07) is 4.49. The van der Waals surface area contributed by atoms with Crippen molar-refractivity contribution in [3.05, 3.63) is 34.2 Å². The maximum Gasteiger partial charge on any atom is 0.241 e. The average molecular weight is 314 g/mol. The standard InChI is InChI=1S/C12H13BrFN3O/c1-3-17-12(11(15)7(2)16-17)18-10-6-8(13)4-5-9(10)14/h4-6H,3,15H2,1-2H3. The normalized spacial score (nSPS) is 10.7. The van der Waals surface area contributed by atoms with Crippen LogP contribution in [-0.2, 0) is 6.54 Å².